The van der Waals surface area contributed by atoms with Gasteiger partial charge in [0.2, 0.25) is 0 Å². The number of hydrogen-bond acceptors (Lipinski definition) is 2. The molecule has 0 bridgehead atoms. The van der Waals surface area contributed by atoms with Gasteiger partial charge in [-0.1, -0.05) is 12.1 Å². The van der Waals surface area contributed by atoms with Gasteiger partial charge in [0.1, 0.15) is 5.82 Å². The van der Waals surface area contributed by atoms with Gasteiger partial charge in [-0.15, -0.1) is 0 Å². The van der Waals surface area contributed by atoms with Crippen LogP contribution in [-0.2, 0) is 0 Å². The number of amides is 1. The predicted octanol–water partition coefficient (Wildman–Crippen LogP) is 1.65. The quantitative estimate of drug-likeness (QED) is 0.865. The van der Waals surface area contributed by atoms with Crippen molar-refractivity contribution in [3.8, 4) is 0 Å². The molecule has 1 fully saturated rings. The number of carbonyl (C=O) groups is 1. The standard InChI is InChI=1S/C13H17FN2O/c1-9(2)16-7-10(8-16)15-13(17)11-5-3-4-6-12(11)14/h3-6,9-10H,7-8H2,1-2H3,(H,15,17). The van der Waals surface area contributed by atoms with Crippen molar-refractivity contribution in [2.45, 2.75) is 25.9 Å². The minimum Gasteiger partial charge on any atom is -0.347 e. The summed E-state index contributed by atoms with van der Waals surface area (Å²) in [4.78, 5) is 14.0. The minimum absolute atomic E-state index is 0.121. The fraction of sp³-hybridized carbons (Fsp3) is 0.462. The van der Waals surface area contributed by atoms with Gasteiger partial charge in [0.15, 0.2) is 0 Å². The molecule has 1 heterocycles. The van der Waals surface area contributed by atoms with E-state index < -0.39 is 5.82 Å². The molecule has 1 amide bonds. The lowest BCUT2D eigenvalue weighted by molar-refractivity contribution is 0.0711. The SMILES string of the molecule is CC(C)N1CC(NC(=O)c2ccccc2F)C1. The van der Waals surface area contributed by atoms with Crippen LogP contribution in [0.1, 0.15) is 24.2 Å². The average Bonchev–Trinajstić information content (AvgIpc) is 2.22. The van der Waals surface area contributed by atoms with Gasteiger partial charge in [-0.25, -0.2) is 4.39 Å². The highest BCUT2D eigenvalue weighted by molar-refractivity contribution is 5.94. The number of nitrogens with zero attached hydrogens (tertiary/aromatic N) is 1. The van der Waals surface area contributed by atoms with Crippen molar-refractivity contribution in [2.75, 3.05) is 13.1 Å². The van der Waals surface area contributed by atoms with Crippen molar-refractivity contribution < 1.29 is 9.18 Å². The second-order valence-electron chi connectivity index (χ2n) is 4.70. The number of nitrogens with one attached hydrogen (secondary N) is 1. The summed E-state index contributed by atoms with van der Waals surface area (Å²) in [6.45, 7) is 5.93. The molecule has 92 valence electrons. The topological polar surface area (TPSA) is 32.3 Å². The van der Waals surface area contributed by atoms with E-state index >= 15 is 0 Å². The summed E-state index contributed by atoms with van der Waals surface area (Å²) in [5.41, 5.74) is 0.121. The number of halogens is 1. The zero-order valence-corrected chi connectivity index (χ0v) is 10.1. The second-order valence-corrected chi connectivity index (χ2v) is 4.70. The molecule has 0 radical (unpaired) electrons. The van der Waals surface area contributed by atoms with Crippen LogP contribution in [-0.4, -0.2) is 36.0 Å². The Hall–Kier alpha value is -1.42. The van der Waals surface area contributed by atoms with Gasteiger partial charge in [0.25, 0.3) is 5.91 Å². The molecule has 0 saturated carbocycles. The molecule has 0 atom stereocenters. The summed E-state index contributed by atoms with van der Waals surface area (Å²) in [5.74, 6) is -0.790. The van der Waals surface area contributed by atoms with E-state index in [4.69, 9.17) is 0 Å². The van der Waals surface area contributed by atoms with Crippen LogP contribution in [0, 0.1) is 5.82 Å². The highest BCUT2D eigenvalue weighted by Crippen LogP contribution is 2.13. The molecule has 1 aromatic rings. The van der Waals surface area contributed by atoms with Gasteiger partial charge in [-0.3, -0.25) is 9.69 Å². The highest BCUT2D eigenvalue weighted by atomic mass is 19.1. The summed E-state index contributed by atoms with van der Waals surface area (Å²) in [7, 11) is 0. The fourth-order valence-corrected chi connectivity index (χ4v) is 1.93. The molecule has 0 spiro atoms. The van der Waals surface area contributed by atoms with E-state index in [1.54, 1.807) is 12.1 Å². The van der Waals surface area contributed by atoms with E-state index in [1.165, 1.54) is 12.1 Å². The van der Waals surface area contributed by atoms with Crippen molar-refractivity contribution in [1.82, 2.24) is 10.2 Å². The Kier molecular flexibility index (Phi) is 3.43. The van der Waals surface area contributed by atoms with E-state index in [1.807, 2.05) is 0 Å². The van der Waals surface area contributed by atoms with Gasteiger partial charge < -0.3 is 5.32 Å². The Morgan fingerprint density at radius 1 is 1.41 bits per heavy atom. The van der Waals surface area contributed by atoms with Gasteiger partial charge in [0.05, 0.1) is 11.6 Å². The van der Waals surface area contributed by atoms with Crippen molar-refractivity contribution in [2.24, 2.45) is 0 Å². The highest BCUT2D eigenvalue weighted by Gasteiger charge is 2.30. The smallest absolute Gasteiger partial charge is 0.254 e. The third-order valence-electron chi connectivity index (χ3n) is 3.09. The van der Waals surface area contributed by atoms with Crippen LogP contribution in [0.3, 0.4) is 0 Å². The molecule has 4 heteroatoms. The van der Waals surface area contributed by atoms with E-state index in [-0.39, 0.29) is 17.5 Å². The summed E-state index contributed by atoms with van der Waals surface area (Å²) in [5, 5.41) is 2.84. The van der Waals surface area contributed by atoms with Crippen LogP contribution in [0.4, 0.5) is 4.39 Å². The van der Waals surface area contributed by atoms with Crippen LogP contribution in [0.25, 0.3) is 0 Å². The lowest BCUT2D eigenvalue weighted by Crippen LogP contribution is -2.61. The number of benzene rings is 1. The normalized spacial score (nSPS) is 16.9. The van der Waals surface area contributed by atoms with Crippen LogP contribution < -0.4 is 5.32 Å². The molecule has 0 aliphatic carbocycles. The van der Waals surface area contributed by atoms with Gasteiger partial charge in [-0.2, -0.15) is 0 Å². The Bertz CT molecular complexity index is 414. The molecular weight excluding hydrogens is 219 g/mol. The fourth-order valence-electron chi connectivity index (χ4n) is 1.93. The number of carbonyl (C=O) groups excluding carboxylic acids is 1. The first kappa shape index (κ1) is 12.0. The van der Waals surface area contributed by atoms with E-state index in [0.717, 1.165) is 13.1 Å². The zero-order chi connectivity index (χ0) is 12.4. The third-order valence-corrected chi connectivity index (χ3v) is 3.09. The summed E-state index contributed by atoms with van der Waals surface area (Å²) >= 11 is 0. The van der Waals surface area contributed by atoms with Gasteiger partial charge in [-0.05, 0) is 26.0 Å². The van der Waals surface area contributed by atoms with E-state index in [2.05, 4.69) is 24.1 Å². The molecule has 2 rings (SSSR count). The van der Waals surface area contributed by atoms with Crippen LogP contribution in [0.2, 0.25) is 0 Å². The first-order valence-corrected chi connectivity index (χ1v) is 5.87. The Morgan fingerprint density at radius 3 is 2.65 bits per heavy atom. The molecule has 1 aromatic carbocycles. The summed E-state index contributed by atoms with van der Waals surface area (Å²) < 4.78 is 13.3. The monoisotopic (exact) mass is 236 g/mol. The van der Waals surface area contributed by atoms with Crippen molar-refractivity contribution >= 4 is 5.91 Å². The van der Waals surface area contributed by atoms with E-state index in [0.29, 0.717) is 6.04 Å². The molecule has 1 aliphatic heterocycles. The Labute approximate surface area is 101 Å². The summed E-state index contributed by atoms with van der Waals surface area (Å²) in [6.07, 6.45) is 0. The average molecular weight is 236 g/mol. The molecule has 0 aromatic heterocycles. The molecule has 1 saturated heterocycles. The van der Waals surface area contributed by atoms with Crippen molar-refractivity contribution in [3.63, 3.8) is 0 Å². The van der Waals surface area contributed by atoms with Crippen LogP contribution in [0.5, 0.6) is 0 Å². The molecule has 0 unspecified atom stereocenters. The third kappa shape index (κ3) is 2.64. The zero-order valence-electron chi connectivity index (χ0n) is 10.1. The van der Waals surface area contributed by atoms with Crippen molar-refractivity contribution in [3.05, 3.63) is 35.6 Å². The lowest BCUT2D eigenvalue weighted by Gasteiger charge is -2.42. The largest absolute Gasteiger partial charge is 0.347 e. The van der Waals surface area contributed by atoms with Gasteiger partial charge in [0, 0.05) is 19.1 Å². The second kappa shape index (κ2) is 4.84. The van der Waals surface area contributed by atoms with Crippen LogP contribution >= 0.6 is 0 Å². The molecule has 3 nitrogen and oxygen atoms in total. The summed E-state index contributed by atoms with van der Waals surface area (Å²) in [6, 6.07) is 6.69. The molecule has 1 N–H and O–H groups in total. The number of likely N-dealkylation sites (tertiary alicyclic amines) is 1. The van der Waals surface area contributed by atoms with Crippen LogP contribution in [0.15, 0.2) is 24.3 Å². The minimum atomic E-state index is -0.468. The lowest BCUT2D eigenvalue weighted by atomic mass is 10.1. The first-order chi connectivity index (χ1) is 8.08. The van der Waals surface area contributed by atoms with E-state index in [9.17, 15) is 9.18 Å². The predicted molar refractivity (Wildman–Crippen MR) is 64.4 cm³/mol. The van der Waals surface area contributed by atoms with Crippen molar-refractivity contribution in [1.29, 1.82) is 0 Å². The molecular formula is C13H17FN2O. The number of hydrogen-bond donors (Lipinski definition) is 1. The maximum Gasteiger partial charge on any atom is 0.254 e. The first-order valence-electron chi connectivity index (χ1n) is 5.87. The molecule has 1 aliphatic rings. The Morgan fingerprint density at radius 2 is 2.06 bits per heavy atom. The maximum atomic E-state index is 13.3. The van der Waals surface area contributed by atoms with Gasteiger partial charge >= 0.3 is 0 Å². The maximum absolute atomic E-state index is 13.3. The molecule has 17 heavy (non-hydrogen) atoms. The Balaban J connectivity index is 1.89. The number of rotatable bonds is 3.